The van der Waals surface area contributed by atoms with Crippen LogP contribution in [-0.2, 0) is 5.41 Å². The monoisotopic (exact) mass is 290 g/mol. The molecule has 1 aliphatic heterocycles. The Kier molecular flexibility index (Phi) is 5.42. The predicted octanol–water partition coefficient (Wildman–Crippen LogP) is 2.66. The molecule has 1 atom stereocenters. The summed E-state index contributed by atoms with van der Waals surface area (Å²) in [5, 5.41) is 10.5. The Bertz CT molecular complexity index is 436. The second kappa shape index (κ2) is 6.91. The van der Waals surface area contributed by atoms with Crippen molar-refractivity contribution in [2.24, 2.45) is 0 Å². The molecule has 1 unspecified atom stereocenters. The number of rotatable bonds is 3. The fourth-order valence-corrected chi connectivity index (χ4v) is 2.84. The molecule has 0 saturated carbocycles. The summed E-state index contributed by atoms with van der Waals surface area (Å²) in [6.45, 7) is 11.8. The second-order valence-corrected chi connectivity index (χ2v) is 7.35. The summed E-state index contributed by atoms with van der Waals surface area (Å²) in [7, 11) is 2.17. The summed E-state index contributed by atoms with van der Waals surface area (Å²) in [5.41, 5.74) is 2.51. The SMILES string of the molecule is CN1CCCN(CC(O)c2ccc(C(C)(C)C)cc2)CC1. The van der Waals surface area contributed by atoms with Gasteiger partial charge in [0.15, 0.2) is 0 Å². The minimum atomic E-state index is -0.387. The Hall–Kier alpha value is -0.900. The van der Waals surface area contributed by atoms with Gasteiger partial charge >= 0.3 is 0 Å². The maximum Gasteiger partial charge on any atom is 0.0916 e. The van der Waals surface area contributed by atoms with E-state index >= 15 is 0 Å². The van der Waals surface area contributed by atoms with E-state index < -0.39 is 0 Å². The Morgan fingerprint density at radius 2 is 1.71 bits per heavy atom. The third-order valence-electron chi connectivity index (χ3n) is 4.40. The van der Waals surface area contributed by atoms with Crippen LogP contribution in [0.2, 0.25) is 0 Å². The van der Waals surface area contributed by atoms with E-state index in [-0.39, 0.29) is 11.5 Å². The molecule has 1 N–H and O–H groups in total. The number of likely N-dealkylation sites (N-methyl/N-ethyl adjacent to an activating group) is 1. The summed E-state index contributed by atoms with van der Waals surface area (Å²) in [4.78, 5) is 4.75. The van der Waals surface area contributed by atoms with Gasteiger partial charge in [-0.3, -0.25) is 4.90 Å². The highest BCUT2D eigenvalue weighted by Gasteiger charge is 2.18. The van der Waals surface area contributed by atoms with Gasteiger partial charge in [-0.2, -0.15) is 0 Å². The van der Waals surface area contributed by atoms with Crippen LogP contribution in [0.4, 0.5) is 0 Å². The minimum absolute atomic E-state index is 0.166. The van der Waals surface area contributed by atoms with Crippen molar-refractivity contribution in [3.63, 3.8) is 0 Å². The number of aliphatic hydroxyl groups excluding tert-OH is 1. The number of β-amino-alcohol motifs (C(OH)–C–C–N with tert-alkyl or cyclic N) is 1. The first kappa shape index (κ1) is 16.5. The highest BCUT2D eigenvalue weighted by molar-refractivity contribution is 5.28. The van der Waals surface area contributed by atoms with Gasteiger partial charge in [-0.05, 0) is 43.1 Å². The molecule has 2 rings (SSSR count). The number of hydrogen-bond acceptors (Lipinski definition) is 3. The Labute approximate surface area is 129 Å². The van der Waals surface area contributed by atoms with Crippen LogP contribution in [0, 0.1) is 0 Å². The molecule has 3 nitrogen and oxygen atoms in total. The molecule has 1 aliphatic rings. The lowest BCUT2D eigenvalue weighted by Gasteiger charge is -2.24. The summed E-state index contributed by atoms with van der Waals surface area (Å²) < 4.78 is 0. The summed E-state index contributed by atoms with van der Waals surface area (Å²) in [6, 6.07) is 8.45. The highest BCUT2D eigenvalue weighted by atomic mass is 16.3. The number of benzene rings is 1. The second-order valence-electron chi connectivity index (χ2n) is 7.35. The zero-order chi connectivity index (χ0) is 15.5. The van der Waals surface area contributed by atoms with Crippen LogP contribution in [0.3, 0.4) is 0 Å². The fourth-order valence-electron chi connectivity index (χ4n) is 2.84. The first-order valence-electron chi connectivity index (χ1n) is 8.05. The van der Waals surface area contributed by atoms with E-state index in [0.29, 0.717) is 0 Å². The summed E-state index contributed by atoms with van der Waals surface area (Å²) in [6.07, 6.45) is 0.800. The van der Waals surface area contributed by atoms with Crippen LogP contribution >= 0.6 is 0 Å². The Morgan fingerprint density at radius 1 is 1.05 bits per heavy atom. The first-order chi connectivity index (χ1) is 9.86. The van der Waals surface area contributed by atoms with Crippen molar-refractivity contribution >= 4 is 0 Å². The first-order valence-corrected chi connectivity index (χ1v) is 8.05. The van der Waals surface area contributed by atoms with Gasteiger partial charge in [0.2, 0.25) is 0 Å². The lowest BCUT2D eigenvalue weighted by Crippen LogP contribution is -2.32. The van der Waals surface area contributed by atoms with Crippen molar-refractivity contribution in [2.75, 3.05) is 39.8 Å². The van der Waals surface area contributed by atoms with Gasteiger partial charge in [0.05, 0.1) is 6.10 Å². The number of hydrogen-bond donors (Lipinski definition) is 1. The molecule has 21 heavy (non-hydrogen) atoms. The molecule has 0 bridgehead atoms. The maximum atomic E-state index is 10.5. The van der Waals surface area contributed by atoms with Crippen LogP contribution in [0.25, 0.3) is 0 Å². The average Bonchev–Trinajstić information content (AvgIpc) is 2.63. The molecule has 1 aromatic carbocycles. The molecule has 0 radical (unpaired) electrons. The Balaban J connectivity index is 1.95. The normalized spacial score (nSPS) is 20.2. The predicted molar refractivity (Wildman–Crippen MR) is 88.7 cm³/mol. The van der Waals surface area contributed by atoms with Crippen molar-refractivity contribution in [3.8, 4) is 0 Å². The molecule has 1 fully saturated rings. The average molecular weight is 290 g/mol. The van der Waals surface area contributed by atoms with E-state index in [1.54, 1.807) is 0 Å². The van der Waals surface area contributed by atoms with Crippen LogP contribution in [-0.4, -0.2) is 54.7 Å². The van der Waals surface area contributed by atoms with E-state index in [0.717, 1.165) is 38.3 Å². The van der Waals surface area contributed by atoms with Crippen molar-refractivity contribution in [2.45, 2.75) is 38.7 Å². The topological polar surface area (TPSA) is 26.7 Å². The third-order valence-corrected chi connectivity index (χ3v) is 4.40. The van der Waals surface area contributed by atoms with Crippen molar-refractivity contribution in [1.82, 2.24) is 9.80 Å². The van der Waals surface area contributed by atoms with Gasteiger partial charge in [-0.25, -0.2) is 0 Å². The molecular weight excluding hydrogens is 260 g/mol. The van der Waals surface area contributed by atoms with E-state index in [4.69, 9.17) is 0 Å². The van der Waals surface area contributed by atoms with E-state index in [2.05, 4.69) is 61.9 Å². The molecule has 1 aromatic rings. The van der Waals surface area contributed by atoms with Crippen LogP contribution < -0.4 is 0 Å². The van der Waals surface area contributed by atoms with Crippen molar-refractivity contribution in [3.05, 3.63) is 35.4 Å². The maximum absolute atomic E-state index is 10.5. The highest BCUT2D eigenvalue weighted by Crippen LogP contribution is 2.24. The quantitative estimate of drug-likeness (QED) is 0.927. The van der Waals surface area contributed by atoms with Crippen molar-refractivity contribution < 1.29 is 5.11 Å². The molecule has 0 aliphatic carbocycles. The lowest BCUT2D eigenvalue weighted by atomic mass is 9.86. The number of nitrogens with zero attached hydrogens (tertiary/aromatic N) is 2. The van der Waals surface area contributed by atoms with Crippen molar-refractivity contribution in [1.29, 1.82) is 0 Å². The van der Waals surface area contributed by atoms with E-state index in [1.807, 2.05) is 0 Å². The molecule has 118 valence electrons. The fraction of sp³-hybridized carbons (Fsp3) is 0.667. The zero-order valence-electron chi connectivity index (χ0n) is 14.0. The standard InChI is InChI=1S/C18H30N2O/c1-18(2,3)16-8-6-15(7-9-16)17(21)14-20-11-5-10-19(4)12-13-20/h6-9,17,21H,5,10-14H2,1-4H3. The van der Waals surface area contributed by atoms with Gasteiger partial charge < -0.3 is 10.0 Å². The molecule has 3 heteroatoms. The van der Waals surface area contributed by atoms with Gasteiger partial charge in [0, 0.05) is 19.6 Å². The third kappa shape index (κ3) is 4.80. The van der Waals surface area contributed by atoms with Gasteiger partial charge in [0.25, 0.3) is 0 Å². The van der Waals surface area contributed by atoms with Gasteiger partial charge in [0.1, 0.15) is 0 Å². The van der Waals surface area contributed by atoms with Crippen LogP contribution in [0.1, 0.15) is 44.4 Å². The molecule has 0 amide bonds. The van der Waals surface area contributed by atoms with Crippen LogP contribution in [0.15, 0.2) is 24.3 Å². The summed E-state index contributed by atoms with van der Waals surface area (Å²) in [5.74, 6) is 0. The molecular formula is C18H30N2O. The minimum Gasteiger partial charge on any atom is -0.387 e. The largest absolute Gasteiger partial charge is 0.387 e. The molecule has 0 spiro atoms. The molecule has 1 heterocycles. The van der Waals surface area contributed by atoms with Gasteiger partial charge in [-0.15, -0.1) is 0 Å². The Morgan fingerprint density at radius 3 is 2.33 bits per heavy atom. The molecule has 0 aromatic heterocycles. The zero-order valence-corrected chi connectivity index (χ0v) is 14.0. The van der Waals surface area contributed by atoms with E-state index in [9.17, 15) is 5.11 Å². The van der Waals surface area contributed by atoms with Crippen LogP contribution in [0.5, 0.6) is 0 Å². The lowest BCUT2D eigenvalue weighted by molar-refractivity contribution is 0.115. The number of aliphatic hydroxyl groups is 1. The smallest absolute Gasteiger partial charge is 0.0916 e. The van der Waals surface area contributed by atoms with E-state index in [1.165, 1.54) is 12.0 Å². The molecule has 1 saturated heterocycles. The summed E-state index contributed by atoms with van der Waals surface area (Å²) >= 11 is 0. The van der Waals surface area contributed by atoms with Gasteiger partial charge in [-0.1, -0.05) is 45.0 Å².